The number of rotatable bonds is 4. The Labute approximate surface area is 143 Å². The summed E-state index contributed by atoms with van der Waals surface area (Å²) in [5.74, 6) is 1.29. The van der Waals surface area contributed by atoms with Crippen LogP contribution in [0.15, 0.2) is 41.4 Å². The van der Waals surface area contributed by atoms with Crippen molar-refractivity contribution in [3.05, 3.63) is 58.7 Å². The molecular weight excluding hydrogens is 298 g/mol. The molecular formula is C20H25N3O. The van der Waals surface area contributed by atoms with Crippen LogP contribution in [-0.2, 0) is 19.4 Å². The molecule has 1 aliphatic rings. The summed E-state index contributed by atoms with van der Waals surface area (Å²) in [5.41, 5.74) is 12.2. The van der Waals surface area contributed by atoms with E-state index in [1.807, 2.05) is 19.1 Å². The van der Waals surface area contributed by atoms with Crippen LogP contribution < -0.4 is 15.8 Å². The van der Waals surface area contributed by atoms with Crippen LogP contribution in [0.1, 0.15) is 35.1 Å². The Bertz CT molecular complexity index is 753. The second-order valence-electron chi connectivity index (χ2n) is 6.29. The predicted octanol–water partition coefficient (Wildman–Crippen LogP) is 3.81. The normalized spacial score (nSPS) is 14.2. The van der Waals surface area contributed by atoms with Crippen molar-refractivity contribution >= 4 is 11.6 Å². The fraction of sp³-hybridized carbons (Fsp3) is 0.350. The van der Waals surface area contributed by atoms with Gasteiger partial charge < -0.3 is 15.8 Å². The van der Waals surface area contributed by atoms with Crippen LogP contribution in [0.5, 0.6) is 5.75 Å². The smallest absolute Gasteiger partial charge is 0.193 e. The number of nitrogens with one attached hydrogen (secondary N) is 1. The van der Waals surface area contributed by atoms with E-state index < -0.39 is 0 Å². The van der Waals surface area contributed by atoms with Gasteiger partial charge in [0.25, 0.3) is 0 Å². The van der Waals surface area contributed by atoms with Crippen molar-refractivity contribution in [2.75, 3.05) is 12.4 Å². The highest BCUT2D eigenvalue weighted by Gasteiger charge is 2.13. The lowest BCUT2D eigenvalue weighted by atomic mass is 9.90. The Balaban J connectivity index is 1.74. The van der Waals surface area contributed by atoms with Crippen LogP contribution in [0.4, 0.5) is 5.69 Å². The first-order chi connectivity index (χ1) is 11.7. The minimum absolute atomic E-state index is 0.441. The molecule has 1 aliphatic carbocycles. The molecule has 2 aromatic carbocycles. The van der Waals surface area contributed by atoms with Gasteiger partial charge in [-0.2, -0.15) is 0 Å². The molecule has 3 N–H and O–H groups in total. The van der Waals surface area contributed by atoms with Gasteiger partial charge in [-0.3, -0.25) is 0 Å². The lowest BCUT2D eigenvalue weighted by molar-refractivity contribution is 0.409. The maximum absolute atomic E-state index is 6.11. The summed E-state index contributed by atoms with van der Waals surface area (Å²) in [6.07, 6.45) is 4.77. The van der Waals surface area contributed by atoms with Crippen LogP contribution >= 0.6 is 0 Å². The number of hydrogen-bond acceptors (Lipinski definition) is 2. The third-order valence-electron chi connectivity index (χ3n) is 4.52. The Hall–Kier alpha value is -2.49. The summed E-state index contributed by atoms with van der Waals surface area (Å²) in [7, 11) is 1.68. The molecule has 0 saturated carbocycles. The highest BCUT2D eigenvalue weighted by atomic mass is 16.5. The van der Waals surface area contributed by atoms with Gasteiger partial charge in [-0.25, -0.2) is 4.99 Å². The number of guanidine groups is 1. The maximum atomic E-state index is 6.11. The minimum Gasteiger partial charge on any atom is -0.496 e. The quantitative estimate of drug-likeness (QED) is 0.664. The van der Waals surface area contributed by atoms with Crippen molar-refractivity contribution in [1.29, 1.82) is 0 Å². The van der Waals surface area contributed by atoms with Crippen LogP contribution in [0.2, 0.25) is 0 Å². The van der Waals surface area contributed by atoms with Gasteiger partial charge in [-0.05, 0) is 61.4 Å². The molecule has 4 nitrogen and oxygen atoms in total. The summed E-state index contributed by atoms with van der Waals surface area (Å²) >= 11 is 0. The first-order valence-electron chi connectivity index (χ1n) is 8.48. The van der Waals surface area contributed by atoms with Gasteiger partial charge in [-0.1, -0.05) is 24.3 Å². The Kier molecular flexibility index (Phi) is 5.04. The van der Waals surface area contributed by atoms with E-state index in [0.717, 1.165) is 29.8 Å². The molecule has 24 heavy (non-hydrogen) atoms. The molecule has 126 valence electrons. The lowest BCUT2D eigenvalue weighted by Crippen LogP contribution is -2.24. The van der Waals surface area contributed by atoms with Gasteiger partial charge >= 0.3 is 0 Å². The van der Waals surface area contributed by atoms with Gasteiger partial charge in [0.1, 0.15) is 5.75 Å². The van der Waals surface area contributed by atoms with Gasteiger partial charge in [0, 0.05) is 11.3 Å². The van der Waals surface area contributed by atoms with Crippen molar-refractivity contribution in [2.45, 2.75) is 39.2 Å². The van der Waals surface area contributed by atoms with Gasteiger partial charge in [0.15, 0.2) is 5.96 Å². The number of ether oxygens (including phenoxy) is 1. The molecule has 0 fully saturated rings. The van der Waals surface area contributed by atoms with E-state index in [0.29, 0.717) is 12.5 Å². The molecule has 4 heteroatoms. The van der Waals surface area contributed by atoms with Crippen LogP contribution in [0, 0.1) is 6.92 Å². The van der Waals surface area contributed by atoms with E-state index in [9.17, 15) is 0 Å². The van der Waals surface area contributed by atoms with E-state index in [1.165, 1.54) is 29.5 Å². The molecule has 0 radical (unpaired) electrons. The lowest BCUT2D eigenvalue weighted by Gasteiger charge is -2.19. The number of aryl methyl sites for hydroxylation is 2. The van der Waals surface area contributed by atoms with E-state index in [4.69, 9.17) is 10.5 Å². The molecule has 0 aliphatic heterocycles. The molecule has 0 unspecified atom stereocenters. The highest BCUT2D eigenvalue weighted by molar-refractivity contribution is 5.93. The molecule has 0 bridgehead atoms. The highest BCUT2D eigenvalue weighted by Crippen LogP contribution is 2.27. The number of nitrogens with two attached hydrogens (primary N) is 1. The van der Waals surface area contributed by atoms with E-state index in [1.54, 1.807) is 7.11 Å². The van der Waals surface area contributed by atoms with Crippen molar-refractivity contribution in [1.82, 2.24) is 0 Å². The number of fused-ring (bicyclic) bond motifs is 1. The molecule has 2 aromatic rings. The zero-order valence-corrected chi connectivity index (χ0v) is 14.4. The fourth-order valence-corrected chi connectivity index (χ4v) is 3.23. The zero-order valence-electron chi connectivity index (χ0n) is 14.4. The average molecular weight is 323 g/mol. The topological polar surface area (TPSA) is 59.6 Å². The van der Waals surface area contributed by atoms with Gasteiger partial charge in [-0.15, -0.1) is 0 Å². The number of anilines is 1. The number of aliphatic imine (C=N–C) groups is 1. The molecule has 0 amide bonds. The first-order valence-corrected chi connectivity index (χ1v) is 8.48. The minimum atomic E-state index is 0.441. The SMILES string of the molecule is COc1cc(C)ccc1CN=C(N)Nc1cccc2c1CCCC2. The van der Waals surface area contributed by atoms with Crippen molar-refractivity contribution in [2.24, 2.45) is 10.7 Å². The largest absolute Gasteiger partial charge is 0.496 e. The Morgan fingerprint density at radius 2 is 2.04 bits per heavy atom. The summed E-state index contributed by atoms with van der Waals surface area (Å²) in [6.45, 7) is 2.54. The third-order valence-corrected chi connectivity index (χ3v) is 4.52. The Morgan fingerprint density at radius 1 is 1.21 bits per heavy atom. The van der Waals surface area contributed by atoms with Crippen LogP contribution in [0.25, 0.3) is 0 Å². The second kappa shape index (κ2) is 7.39. The summed E-state index contributed by atoms with van der Waals surface area (Å²) in [4.78, 5) is 4.48. The van der Waals surface area contributed by atoms with Crippen molar-refractivity contribution in [3.63, 3.8) is 0 Å². The predicted molar refractivity (Wildman–Crippen MR) is 99.8 cm³/mol. The van der Waals surface area contributed by atoms with Crippen molar-refractivity contribution in [3.8, 4) is 5.75 Å². The third kappa shape index (κ3) is 3.70. The number of benzene rings is 2. The molecule has 0 aromatic heterocycles. The van der Waals surface area contributed by atoms with Crippen molar-refractivity contribution < 1.29 is 4.74 Å². The number of nitrogens with zero attached hydrogens (tertiary/aromatic N) is 1. The molecule has 0 saturated heterocycles. The first kappa shape index (κ1) is 16.4. The van der Waals surface area contributed by atoms with Gasteiger partial charge in [0.2, 0.25) is 0 Å². The van der Waals surface area contributed by atoms with Crippen LogP contribution in [0.3, 0.4) is 0 Å². The van der Waals surface area contributed by atoms with E-state index in [-0.39, 0.29) is 0 Å². The fourth-order valence-electron chi connectivity index (χ4n) is 3.23. The summed E-state index contributed by atoms with van der Waals surface area (Å²) in [6, 6.07) is 12.5. The van der Waals surface area contributed by atoms with Crippen LogP contribution in [-0.4, -0.2) is 13.1 Å². The number of methoxy groups -OCH3 is 1. The Morgan fingerprint density at radius 3 is 2.88 bits per heavy atom. The molecule has 0 spiro atoms. The zero-order chi connectivity index (χ0) is 16.9. The molecule has 0 heterocycles. The summed E-state index contributed by atoms with van der Waals surface area (Å²) in [5, 5.41) is 3.28. The summed E-state index contributed by atoms with van der Waals surface area (Å²) < 4.78 is 5.42. The second-order valence-corrected chi connectivity index (χ2v) is 6.29. The average Bonchev–Trinajstić information content (AvgIpc) is 2.61. The molecule has 3 rings (SSSR count). The molecule has 0 atom stereocenters. The van der Waals surface area contributed by atoms with Gasteiger partial charge in [0.05, 0.1) is 13.7 Å². The monoisotopic (exact) mass is 323 g/mol. The standard InChI is InChI=1S/C20H25N3O/c1-14-10-11-16(19(12-14)24-2)13-22-20(21)23-18-9-5-7-15-6-3-4-8-17(15)18/h5,7,9-12H,3-4,6,8,13H2,1-2H3,(H3,21,22,23). The van der Waals surface area contributed by atoms with E-state index in [2.05, 4.69) is 34.6 Å². The maximum Gasteiger partial charge on any atom is 0.193 e. The van der Waals surface area contributed by atoms with E-state index >= 15 is 0 Å². The number of hydrogen-bond donors (Lipinski definition) is 2.